The number of nitrogens with one attached hydrogen (secondary N) is 1. The summed E-state index contributed by atoms with van der Waals surface area (Å²) in [6.07, 6.45) is 1.60. The van der Waals surface area contributed by atoms with Crippen LogP contribution in [0.4, 0.5) is 10.6 Å². The van der Waals surface area contributed by atoms with Crippen LogP contribution in [0.15, 0.2) is 24.3 Å². The van der Waals surface area contributed by atoms with E-state index in [1.807, 2.05) is 6.07 Å². The van der Waals surface area contributed by atoms with Gasteiger partial charge in [-0.05, 0) is 18.2 Å². The quantitative estimate of drug-likeness (QED) is 0.693. The van der Waals surface area contributed by atoms with Gasteiger partial charge in [0.1, 0.15) is 5.82 Å². The first-order chi connectivity index (χ1) is 6.72. The number of aromatic nitrogens is 1. The Kier molecular flexibility index (Phi) is 3.21. The molecule has 0 unspecified atom stereocenters. The van der Waals surface area contributed by atoms with Gasteiger partial charge in [-0.2, -0.15) is 5.26 Å². The van der Waals surface area contributed by atoms with Crippen molar-refractivity contribution in [2.24, 2.45) is 0 Å². The lowest BCUT2D eigenvalue weighted by atomic mass is 10.3. The molecule has 14 heavy (non-hydrogen) atoms. The van der Waals surface area contributed by atoms with E-state index in [9.17, 15) is 4.79 Å². The average Bonchev–Trinajstić information content (AvgIpc) is 2.14. The number of carbonyl (C=O) groups is 1. The highest BCUT2D eigenvalue weighted by Crippen LogP contribution is 2.05. The Morgan fingerprint density at radius 2 is 2.43 bits per heavy atom. The Labute approximate surface area is 80.3 Å². The molecule has 1 aromatic heterocycles. The first-order valence-corrected chi connectivity index (χ1v) is 3.75. The molecule has 0 aliphatic heterocycles. The minimum atomic E-state index is -1.17. The Morgan fingerprint density at radius 1 is 1.64 bits per heavy atom. The molecule has 5 nitrogen and oxygen atoms in total. The van der Waals surface area contributed by atoms with Gasteiger partial charge in [0.25, 0.3) is 0 Å². The van der Waals surface area contributed by atoms with E-state index in [0.29, 0.717) is 5.69 Å². The van der Waals surface area contributed by atoms with E-state index >= 15 is 0 Å². The fourth-order valence-corrected chi connectivity index (χ4v) is 0.846. The van der Waals surface area contributed by atoms with E-state index in [2.05, 4.69) is 10.3 Å². The first kappa shape index (κ1) is 9.74. The normalized spacial score (nSPS) is 9.64. The summed E-state index contributed by atoms with van der Waals surface area (Å²) >= 11 is 0. The van der Waals surface area contributed by atoms with E-state index in [0.717, 1.165) is 0 Å². The van der Waals surface area contributed by atoms with Gasteiger partial charge in [-0.1, -0.05) is 6.07 Å². The van der Waals surface area contributed by atoms with Gasteiger partial charge < -0.3 is 5.11 Å². The second-order valence-corrected chi connectivity index (χ2v) is 2.34. The van der Waals surface area contributed by atoms with Gasteiger partial charge >= 0.3 is 6.09 Å². The Bertz CT molecular complexity index is 407. The summed E-state index contributed by atoms with van der Waals surface area (Å²) < 4.78 is 0. The van der Waals surface area contributed by atoms with E-state index < -0.39 is 6.09 Å². The van der Waals surface area contributed by atoms with E-state index in [1.165, 1.54) is 18.2 Å². The number of nitrogens with zero attached hydrogens (tertiary/aromatic N) is 2. The molecule has 1 heterocycles. The zero-order valence-electron chi connectivity index (χ0n) is 7.14. The maximum absolute atomic E-state index is 10.3. The number of pyridine rings is 1. The lowest BCUT2D eigenvalue weighted by Gasteiger charge is -1.99. The molecule has 0 bridgehead atoms. The molecule has 0 aliphatic rings. The SMILES string of the molecule is N#CC=Cc1cccc(NC(=O)O)n1. The zero-order valence-corrected chi connectivity index (χ0v) is 7.14. The van der Waals surface area contributed by atoms with Crippen molar-refractivity contribution in [3.63, 3.8) is 0 Å². The number of carboxylic acid groups (broad SMARTS) is 1. The highest BCUT2D eigenvalue weighted by Gasteiger charge is 1.98. The predicted molar refractivity (Wildman–Crippen MR) is 50.5 cm³/mol. The van der Waals surface area contributed by atoms with Crippen LogP contribution in [0.3, 0.4) is 0 Å². The fraction of sp³-hybridized carbons (Fsp3) is 0. The fourth-order valence-electron chi connectivity index (χ4n) is 0.846. The summed E-state index contributed by atoms with van der Waals surface area (Å²) in [6, 6.07) is 6.66. The molecule has 0 saturated carbocycles. The summed E-state index contributed by atoms with van der Waals surface area (Å²) in [5.74, 6) is 0.234. The van der Waals surface area contributed by atoms with Crippen molar-refractivity contribution in [2.75, 3.05) is 5.32 Å². The van der Waals surface area contributed by atoms with Crippen LogP contribution in [0.25, 0.3) is 6.08 Å². The second-order valence-electron chi connectivity index (χ2n) is 2.34. The van der Waals surface area contributed by atoms with Gasteiger partial charge in [-0.3, -0.25) is 5.32 Å². The molecule has 0 fully saturated rings. The number of amides is 1. The summed E-state index contributed by atoms with van der Waals surface area (Å²) in [6.45, 7) is 0. The van der Waals surface area contributed by atoms with E-state index in [1.54, 1.807) is 12.1 Å². The second kappa shape index (κ2) is 4.62. The van der Waals surface area contributed by atoms with Gasteiger partial charge in [0.2, 0.25) is 0 Å². The maximum Gasteiger partial charge on any atom is 0.410 e. The van der Waals surface area contributed by atoms with E-state index in [-0.39, 0.29) is 5.82 Å². The van der Waals surface area contributed by atoms with Crippen molar-refractivity contribution in [3.05, 3.63) is 30.0 Å². The molecule has 1 aromatic rings. The summed E-state index contributed by atoms with van der Waals surface area (Å²) in [7, 11) is 0. The molecule has 0 radical (unpaired) electrons. The van der Waals surface area contributed by atoms with Crippen LogP contribution in [-0.2, 0) is 0 Å². The Hall–Kier alpha value is -2.35. The molecule has 2 N–H and O–H groups in total. The third-order valence-corrected chi connectivity index (χ3v) is 1.33. The van der Waals surface area contributed by atoms with Gasteiger partial charge in [0.05, 0.1) is 11.8 Å². The number of nitriles is 1. The third-order valence-electron chi connectivity index (χ3n) is 1.33. The molecule has 1 amide bonds. The van der Waals surface area contributed by atoms with Gasteiger partial charge in [0.15, 0.2) is 0 Å². The van der Waals surface area contributed by atoms with Gasteiger partial charge in [-0.25, -0.2) is 9.78 Å². The lowest BCUT2D eigenvalue weighted by molar-refractivity contribution is 0.209. The molecule has 0 saturated heterocycles. The molecule has 5 heteroatoms. The monoisotopic (exact) mass is 189 g/mol. The molecule has 0 aliphatic carbocycles. The van der Waals surface area contributed by atoms with Crippen LogP contribution < -0.4 is 5.32 Å². The largest absolute Gasteiger partial charge is 0.465 e. The number of anilines is 1. The van der Waals surface area contributed by atoms with Gasteiger partial charge in [-0.15, -0.1) is 0 Å². The zero-order chi connectivity index (χ0) is 10.4. The van der Waals surface area contributed by atoms with E-state index in [4.69, 9.17) is 10.4 Å². The summed E-state index contributed by atoms with van der Waals surface area (Å²) in [5.41, 5.74) is 0.526. The van der Waals surface area contributed by atoms with Crippen LogP contribution in [-0.4, -0.2) is 16.2 Å². The van der Waals surface area contributed by atoms with Crippen molar-refractivity contribution in [1.82, 2.24) is 4.98 Å². The minimum Gasteiger partial charge on any atom is -0.465 e. The highest BCUT2D eigenvalue weighted by atomic mass is 16.4. The van der Waals surface area contributed by atoms with Crippen LogP contribution in [0.2, 0.25) is 0 Å². The standard InChI is InChI=1S/C9H7N3O2/c10-6-2-4-7-3-1-5-8(11-7)12-9(13)14/h1-5H,(H,11,12)(H,13,14). The molecular formula is C9H7N3O2. The minimum absolute atomic E-state index is 0.234. The molecule has 70 valence electrons. The van der Waals surface area contributed by atoms with Crippen LogP contribution >= 0.6 is 0 Å². The smallest absolute Gasteiger partial charge is 0.410 e. The highest BCUT2D eigenvalue weighted by molar-refractivity contribution is 5.81. The topological polar surface area (TPSA) is 86.0 Å². The van der Waals surface area contributed by atoms with Crippen LogP contribution in [0.5, 0.6) is 0 Å². The van der Waals surface area contributed by atoms with Crippen LogP contribution in [0.1, 0.15) is 5.69 Å². The first-order valence-electron chi connectivity index (χ1n) is 3.75. The molecule has 0 aromatic carbocycles. The molecule has 0 atom stereocenters. The average molecular weight is 189 g/mol. The van der Waals surface area contributed by atoms with Crippen molar-refractivity contribution < 1.29 is 9.90 Å². The number of hydrogen-bond donors (Lipinski definition) is 2. The maximum atomic E-state index is 10.3. The molecule has 0 spiro atoms. The molecule has 1 rings (SSSR count). The molecular weight excluding hydrogens is 182 g/mol. The third kappa shape index (κ3) is 2.95. The predicted octanol–water partition coefficient (Wildman–Crippen LogP) is 1.71. The summed E-state index contributed by atoms with van der Waals surface area (Å²) in [5, 5.41) is 18.8. The van der Waals surface area contributed by atoms with Crippen molar-refractivity contribution in [2.45, 2.75) is 0 Å². The van der Waals surface area contributed by atoms with Gasteiger partial charge in [0, 0.05) is 6.08 Å². The Morgan fingerprint density at radius 3 is 3.07 bits per heavy atom. The lowest BCUT2D eigenvalue weighted by Crippen LogP contribution is -2.08. The van der Waals surface area contributed by atoms with Crippen molar-refractivity contribution >= 4 is 18.0 Å². The number of hydrogen-bond acceptors (Lipinski definition) is 3. The Balaban J connectivity index is 2.85. The number of allylic oxidation sites excluding steroid dienone is 1. The number of rotatable bonds is 2. The van der Waals surface area contributed by atoms with Crippen LogP contribution in [0, 0.1) is 11.3 Å². The van der Waals surface area contributed by atoms with Crippen molar-refractivity contribution in [3.8, 4) is 6.07 Å². The van der Waals surface area contributed by atoms with Crippen molar-refractivity contribution in [1.29, 1.82) is 5.26 Å². The summed E-state index contributed by atoms with van der Waals surface area (Å²) in [4.78, 5) is 14.2.